The fraction of sp³-hybridized carbons (Fsp3) is 0.167. The lowest BCUT2D eigenvalue weighted by atomic mass is 10.0. The topological polar surface area (TPSA) is 74.0 Å². The highest BCUT2D eigenvalue weighted by Gasteiger charge is 2.24. The molecule has 1 atom stereocenters. The standard InChI is InChI=1S/C24H23N3O2S/c1-15-10-16(2)12-18(11-15)26-23(28)21(27-24(29)22-8-5-9-30-22)13-17-14-25-20-7-4-3-6-19(17)20/h3-12,14,21,25H,13H2,1-2H3,(H,26,28)(H,27,29)/t21-/m1/s1. The number of carbonyl (C=O) groups excluding carboxylic acids is 2. The maximum absolute atomic E-state index is 13.2. The van der Waals surface area contributed by atoms with E-state index in [4.69, 9.17) is 0 Å². The molecule has 0 saturated carbocycles. The molecule has 0 saturated heterocycles. The Morgan fingerprint density at radius 2 is 1.80 bits per heavy atom. The first-order valence-electron chi connectivity index (χ1n) is 9.78. The zero-order chi connectivity index (χ0) is 21.1. The number of hydrogen-bond donors (Lipinski definition) is 3. The lowest BCUT2D eigenvalue weighted by Crippen LogP contribution is -2.45. The molecule has 0 fully saturated rings. The SMILES string of the molecule is Cc1cc(C)cc(NC(=O)[C@@H](Cc2c[nH]c3ccccc23)NC(=O)c2cccs2)c1. The highest BCUT2D eigenvalue weighted by molar-refractivity contribution is 7.12. The second-order valence-electron chi connectivity index (χ2n) is 7.43. The van der Waals surface area contributed by atoms with E-state index in [2.05, 4.69) is 21.7 Å². The van der Waals surface area contributed by atoms with Gasteiger partial charge in [-0.15, -0.1) is 11.3 Å². The molecule has 30 heavy (non-hydrogen) atoms. The zero-order valence-corrected chi connectivity index (χ0v) is 17.7. The Kier molecular flexibility index (Phi) is 5.68. The first-order chi connectivity index (χ1) is 14.5. The maximum atomic E-state index is 13.2. The van der Waals surface area contributed by atoms with Gasteiger partial charge in [0.25, 0.3) is 5.91 Å². The van der Waals surface area contributed by atoms with Crippen LogP contribution in [0.25, 0.3) is 10.9 Å². The van der Waals surface area contributed by atoms with Gasteiger partial charge in [0, 0.05) is 29.2 Å². The Morgan fingerprint density at radius 3 is 2.53 bits per heavy atom. The maximum Gasteiger partial charge on any atom is 0.262 e. The molecule has 0 spiro atoms. The van der Waals surface area contributed by atoms with Crippen LogP contribution >= 0.6 is 11.3 Å². The second-order valence-corrected chi connectivity index (χ2v) is 8.38. The van der Waals surface area contributed by atoms with E-state index in [9.17, 15) is 9.59 Å². The number of H-pyrrole nitrogens is 1. The average Bonchev–Trinajstić information content (AvgIpc) is 3.37. The summed E-state index contributed by atoms with van der Waals surface area (Å²) in [6.45, 7) is 3.98. The first kappa shape index (κ1) is 19.9. The van der Waals surface area contributed by atoms with Crippen LogP contribution in [0.1, 0.15) is 26.4 Å². The van der Waals surface area contributed by atoms with E-state index in [1.807, 2.05) is 67.9 Å². The minimum atomic E-state index is -0.709. The highest BCUT2D eigenvalue weighted by atomic mass is 32.1. The predicted molar refractivity (Wildman–Crippen MR) is 122 cm³/mol. The Morgan fingerprint density at radius 1 is 1.03 bits per heavy atom. The first-order valence-corrected chi connectivity index (χ1v) is 10.7. The summed E-state index contributed by atoms with van der Waals surface area (Å²) >= 11 is 1.35. The summed E-state index contributed by atoms with van der Waals surface area (Å²) in [4.78, 5) is 29.7. The third kappa shape index (κ3) is 4.44. The van der Waals surface area contributed by atoms with Gasteiger partial charge >= 0.3 is 0 Å². The van der Waals surface area contributed by atoms with Crippen LogP contribution in [0.15, 0.2) is 66.2 Å². The van der Waals surface area contributed by atoms with Crippen molar-refractivity contribution in [3.63, 3.8) is 0 Å². The normalized spacial score (nSPS) is 11.9. The van der Waals surface area contributed by atoms with Crippen molar-refractivity contribution in [2.24, 2.45) is 0 Å². The van der Waals surface area contributed by atoms with Gasteiger partial charge in [0.05, 0.1) is 4.88 Å². The van der Waals surface area contributed by atoms with Crippen LogP contribution in [0.5, 0.6) is 0 Å². The van der Waals surface area contributed by atoms with Crippen molar-refractivity contribution in [1.82, 2.24) is 10.3 Å². The lowest BCUT2D eigenvalue weighted by molar-refractivity contribution is -0.118. The summed E-state index contributed by atoms with van der Waals surface area (Å²) in [6.07, 6.45) is 2.29. The number of rotatable bonds is 6. The molecule has 0 unspecified atom stereocenters. The average molecular weight is 418 g/mol. The lowest BCUT2D eigenvalue weighted by Gasteiger charge is -2.18. The van der Waals surface area contributed by atoms with Gasteiger partial charge in [0.2, 0.25) is 5.91 Å². The van der Waals surface area contributed by atoms with Gasteiger partial charge in [0.1, 0.15) is 6.04 Å². The van der Waals surface area contributed by atoms with Gasteiger partial charge < -0.3 is 15.6 Å². The fourth-order valence-electron chi connectivity index (χ4n) is 3.64. The molecule has 152 valence electrons. The van der Waals surface area contributed by atoms with Crippen LogP contribution in [0.4, 0.5) is 5.69 Å². The van der Waals surface area contributed by atoms with Gasteiger partial charge in [-0.3, -0.25) is 9.59 Å². The second kappa shape index (κ2) is 8.55. The summed E-state index contributed by atoms with van der Waals surface area (Å²) in [5.74, 6) is -0.486. The van der Waals surface area contributed by atoms with Crippen molar-refractivity contribution in [2.45, 2.75) is 26.3 Å². The number of nitrogens with one attached hydrogen (secondary N) is 3. The monoisotopic (exact) mass is 417 g/mol. The summed E-state index contributed by atoms with van der Waals surface area (Å²) < 4.78 is 0. The molecule has 2 heterocycles. The summed E-state index contributed by atoms with van der Waals surface area (Å²) in [5.41, 5.74) is 4.86. The molecule has 0 aliphatic carbocycles. The molecule has 0 bridgehead atoms. The van der Waals surface area contributed by atoms with Crippen LogP contribution in [-0.2, 0) is 11.2 Å². The summed E-state index contributed by atoms with van der Waals surface area (Å²) in [6, 6.07) is 16.7. The van der Waals surface area contributed by atoms with E-state index in [1.165, 1.54) is 11.3 Å². The van der Waals surface area contributed by atoms with Crippen molar-refractivity contribution in [3.05, 3.63) is 87.7 Å². The van der Waals surface area contributed by atoms with E-state index in [-0.39, 0.29) is 11.8 Å². The molecule has 6 heteroatoms. The van der Waals surface area contributed by atoms with Gasteiger partial charge in [-0.2, -0.15) is 0 Å². The van der Waals surface area contributed by atoms with E-state index >= 15 is 0 Å². The Labute approximate surface area is 179 Å². The van der Waals surface area contributed by atoms with Gasteiger partial charge in [-0.1, -0.05) is 30.3 Å². The molecule has 2 aromatic carbocycles. The number of fused-ring (bicyclic) bond motifs is 1. The van der Waals surface area contributed by atoms with E-state index in [1.54, 1.807) is 6.07 Å². The number of amides is 2. The highest BCUT2D eigenvalue weighted by Crippen LogP contribution is 2.21. The van der Waals surface area contributed by atoms with Crippen LogP contribution in [-0.4, -0.2) is 22.8 Å². The molecular weight excluding hydrogens is 394 g/mol. The van der Waals surface area contributed by atoms with E-state index in [0.717, 1.165) is 33.3 Å². The molecule has 5 nitrogen and oxygen atoms in total. The molecule has 3 N–H and O–H groups in total. The molecule has 0 radical (unpaired) electrons. The van der Waals surface area contributed by atoms with Crippen molar-refractivity contribution < 1.29 is 9.59 Å². The number of aromatic amines is 1. The van der Waals surface area contributed by atoms with Crippen molar-refractivity contribution in [3.8, 4) is 0 Å². The Hall–Kier alpha value is -3.38. The fourth-order valence-corrected chi connectivity index (χ4v) is 4.27. The van der Waals surface area contributed by atoms with Crippen LogP contribution < -0.4 is 10.6 Å². The number of aromatic nitrogens is 1. The van der Waals surface area contributed by atoms with E-state index in [0.29, 0.717) is 11.3 Å². The largest absolute Gasteiger partial charge is 0.361 e. The smallest absolute Gasteiger partial charge is 0.262 e. The summed E-state index contributed by atoms with van der Waals surface area (Å²) in [5, 5.41) is 8.79. The number of aryl methyl sites for hydroxylation is 2. The van der Waals surface area contributed by atoms with Crippen LogP contribution in [0.3, 0.4) is 0 Å². The van der Waals surface area contributed by atoms with Gasteiger partial charge in [0.15, 0.2) is 0 Å². The zero-order valence-electron chi connectivity index (χ0n) is 16.9. The number of para-hydroxylation sites is 1. The minimum Gasteiger partial charge on any atom is -0.361 e. The predicted octanol–water partition coefficient (Wildman–Crippen LogP) is 4.83. The molecule has 4 aromatic rings. The van der Waals surface area contributed by atoms with Gasteiger partial charge in [-0.05, 0) is 60.2 Å². The van der Waals surface area contributed by atoms with Crippen molar-refractivity contribution >= 4 is 39.7 Å². The van der Waals surface area contributed by atoms with Crippen molar-refractivity contribution in [2.75, 3.05) is 5.32 Å². The number of benzene rings is 2. The van der Waals surface area contributed by atoms with E-state index < -0.39 is 6.04 Å². The molecular formula is C24H23N3O2S. The number of thiophene rings is 1. The van der Waals surface area contributed by atoms with Crippen LogP contribution in [0, 0.1) is 13.8 Å². The number of carbonyl (C=O) groups is 2. The Bertz CT molecular complexity index is 1170. The molecule has 0 aliphatic rings. The number of hydrogen-bond acceptors (Lipinski definition) is 3. The molecule has 0 aliphatic heterocycles. The molecule has 4 rings (SSSR count). The minimum absolute atomic E-state index is 0.241. The third-order valence-corrected chi connectivity index (χ3v) is 5.82. The summed E-state index contributed by atoms with van der Waals surface area (Å²) in [7, 11) is 0. The Balaban J connectivity index is 1.60. The number of anilines is 1. The third-order valence-electron chi connectivity index (χ3n) is 4.95. The van der Waals surface area contributed by atoms with Crippen LogP contribution in [0.2, 0.25) is 0 Å². The molecule has 2 amide bonds. The van der Waals surface area contributed by atoms with Gasteiger partial charge in [-0.25, -0.2) is 0 Å². The van der Waals surface area contributed by atoms with Crippen molar-refractivity contribution in [1.29, 1.82) is 0 Å². The molecule has 2 aromatic heterocycles. The quantitative estimate of drug-likeness (QED) is 0.421.